The van der Waals surface area contributed by atoms with Crippen LogP contribution in [-0.4, -0.2) is 38.8 Å². The summed E-state index contributed by atoms with van der Waals surface area (Å²) in [5.74, 6) is -0.422. The van der Waals surface area contributed by atoms with Crippen molar-refractivity contribution < 1.29 is 22.3 Å². The zero-order chi connectivity index (χ0) is 19.4. The summed E-state index contributed by atoms with van der Waals surface area (Å²) < 4.78 is 41.9. The van der Waals surface area contributed by atoms with Crippen molar-refractivity contribution in [3.05, 3.63) is 41.2 Å². The van der Waals surface area contributed by atoms with E-state index in [1.807, 2.05) is 0 Å². The highest BCUT2D eigenvalue weighted by Gasteiger charge is 2.27. The van der Waals surface area contributed by atoms with E-state index in [0.29, 0.717) is 25.6 Å². The smallest absolute Gasteiger partial charge is 0.233 e. The number of thiazole rings is 1. The van der Waals surface area contributed by atoms with Crippen molar-refractivity contribution in [3.8, 4) is 0 Å². The Balaban J connectivity index is 1.82. The molecule has 1 saturated heterocycles. The highest BCUT2D eigenvalue weighted by molar-refractivity contribution is 7.90. The maximum absolute atomic E-state index is 13.2. The molecule has 0 radical (unpaired) electrons. The van der Waals surface area contributed by atoms with Crippen molar-refractivity contribution in [1.29, 1.82) is 0 Å². The number of rotatable bonds is 6. The first-order valence-corrected chi connectivity index (χ1v) is 11.3. The lowest BCUT2D eigenvalue weighted by atomic mass is 9.84. The molecule has 0 bridgehead atoms. The van der Waals surface area contributed by atoms with Crippen molar-refractivity contribution >= 4 is 32.2 Å². The molecule has 3 rings (SSSR count). The Morgan fingerprint density at radius 3 is 2.56 bits per heavy atom. The highest BCUT2D eigenvalue weighted by atomic mass is 32.2. The number of aromatic nitrogens is 1. The third kappa shape index (κ3) is 5.33. The molecule has 1 N–H and O–H groups in total. The first kappa shape index (κ1) is 19.9. The van der Waals surface area contributed by atoms with E-state index in [4.69, 9.17) is 4.74 Å². The number of nitrogens with zero attached hydrogens (tertiary/aromatic N) is 1. The number of nitrogens with one attached hydrogen (secondary N) is 1. The fourth-order valence-electron chi connectivity index (χ4n) is 3.16. The second-order valence-electron chi connectivity index (χ2n) is 6.64. The van der Waals surface area contributed by atoms with Gasteiger partial charge in [0.1, 0.15) is 0 Å². The second kappa shape index (κ2) is 8.45. The lowest BCUT2D eigenvalue weighted by molar-refractivity contribution is -0.118. The van der Waals surface area contributed by atoms with Gasteiger partial charge in [0.15, 0.2) is 20.1 Å². The summed E-state index contributed by atoms with van der Waals surface area (Å²) in [6.07, 6.45) is 4.56. The van der Waals surface area contributed by atoms with Gasteiger partial charge in [-0.15, -0.1) is 0 Å². The third-order valence-electron chi connectivity index (χ3n) is 4.64. The van der Waals surface area contributed by atoms with Crippen LogP contribution in [0.25, 0.3) is 0 Å². The van der Waals surface area contributed by atoms with Crippen LogP contribution in [0.5, 0.6) is 0 Å². The number of hydrogen-bond donors (Lipinski definition) is 1. The number of amides is 1. The summed E-state index contributed by atoms with van der Waals surface area (Å²) in [6, 6.07) is 6.36. The molecule has 1 aromatic carbocycles. The van der Waals surface area contributed by atoms with E-state index in [1.54, 1.807) is 12.1 Å². The fraction of sp³-hybridized carbons (Fsp3) is 0.444. The van der Waals surface area contributed by atoms with E-state index in [1.165, 1.54) is 12.1 Å². The van der Waals surface area contributed by atoms with Crippen molar-refractivity contribution in [2.24, 2.45) is 5.92 Å². The summed E-state index contributed by atoms with van der Waals surface area (Å²) in [4.78, 5) is 16.9. The molecule has 1 aromatic heterocycles. The van der Waals surface area contributed by atoms with Crippen LogP contribution in [0.2, 0.25) is 0 Å². The van der Waals surface area contributed by atoms with E-state index in [9.17, 15) is 17.6 Å². The Morgan fingerprint density at radius 1 is 1.33 bits per heavy atom. The molecule has 146 valence electrons. The molecule has 0 saturated carbocycles. The predicted molar refractivity (Wildman–Crippen MR) is 101 cm³/mol. The van der Waals surface area contributed by atoms with Gasteiger partial charge < -0.3 is 10.1 Å². The Labute approximate surface area is 161 Å². The predicted octanol–water partition coefficient (Wildman–Crippen LogP) is 3.22. The van der Waals surface area contributed by atoms with Crippen LogP contribution in [0.15, 0.2) is 35.4 Å². The van der Waals surface area contributed by atoms with Gasteiger partial charge in [-0.25, -0.2) is 13.4 Å². The first-order chi connectivity index (χ1) is 12.8. The van der Waals surface area contributed by atoms with Crippen molar-refractivity contribution in [2.75, 3.05) is 24.8 Å². The van der Waals surface area contributed by atoms with Gasteiger partial charge in [-0.05, 0) is 42.9 Å². The largest absolute Gasteiger partial charge is 0.381 e. The number of hydrogen-bond acceptors (Lipinski definition) is 6. The molecule has 0 unspecified atom stereocenters. The van der Waals surface area contributed by atoms with Gasteiger partial charge in [0.2, 0.25) is 5.91 Å². The van der Waals surface area contributed by atoms with Crippen molar-refractivity contribution in [3.63, 3.8) is 0 Å². The van der Waals surface area contributed by atoms with Crippen LogP contribution >= 0.6 is 11.3 Å². The molecular formula is C18H21FN2O4S2. The average Bonchev–Trinajstić information content (AvgIpc) is 3.04. The molecule has 27 heavy (non-hydrogen) atoms. The standard InChI is InChI=1S/C18H21FN2O4S2/c1-27(23,24)14-4-2-13(3-5-14)15(10-12-6-8-25-9-7-12)17(22)21-18-20-11-16(19)26-18/h2-5,11-12,15H,6-10H2,1H3,(H,20,21,22)/t15-/m1/s1. The van der Waals surface area contributed by atoms with Crippen LogP contribution in [0.1, 0.15) is 30.7 Å². The minimum atomic E-state index is -3.31. The quantitative estimate of drug-likeness (QED) is 0.787. The van der Waals surface area contributed by atoms with E-state index in [2.05, 4.69) is 10.3 Å². The minimum Gasteiger partial charge on any atom is -0.381 e. The normalized spacial score (nSPS) is 16.8. The van der Waals surface area contributed by atoms with E-state index in [-0.39, 0.29) is 15.9 Å². The summed E-state index contributed by atoms with van der Waals surface area (Å²) in [5, 5.41) is 2.42. The molecule has 2 heterocycles. The van der Waals surface area contributed by atoms with Crippen LogP contribution in [0, 0.1) is 11.0 Å². The Morgan fingerprint density at radius 2 is 2.00 bits per heavy atom. The van der Waals surface area contributed by atoms with Gasteiger partial charge in [0, 0.05) is 19.5 Å². The molecule has 1 fully saturated rings. The van der Waals surface area contributed by atoms with Crippen LogP contribution < -0.4 is 5.32 Å². The summed E-state index contributed by atoms with van der Waals surface area (Å²) >= 11 is 0.772. The van der Waals surface area contributed by atoms with Gasteiger partial charge in [0.05, 0.1) is 17.0 Å². The number of sulfone groups is 1. The van der Waals surface area contributed by atoms with Gasteiger partial charge in [-0.1, -0.05) is 23.5 Å². The maximum atomic E-state index is 13.2. The fourth-order valence-corrected chi connectivity index (χ4v) is 4.34. The molecule has 9 heteroatoms. The zero-order valence-electron chi connectivity index (χ0n) is 14.9. The molecule has 2 aromatic rings. The molecule has 0 spiro atoms. The third-order valence-corrected chi connectivity index (χ3v) is 6.47. The number of benzene rings is 1. The molecule has 1 atom stereocenters. The maximum Gasteiger partial charge on any atom is 0.233 e. The number of anilines is 1. The molecule has 1 aliphatic heterocycles. The summed E-state index contributed by atoms with van der Waals surface area (Å²) in [6.45, 7) is 1.34. The van der Waals surface area contributed by atoms with E-state index in [0.717, 1.165) is 42.2 Å². The number of ether oxygens (including phenoxy) is 1. The topological polar surface area (TPSA) is 85.4 Å². The number of halogens is 1. The van der Waals surface area contributed by atoms with Crippen molar-refractivity contribution in [1.82, 2.24) is 4.98 Å². The van der Waals surface area contributed by atoms with Crippen LogP contribution in [0.4, 0.5) is 9.52 Å². The van der Waals surface area contributed by atoms with Crippen molar-refractivity contribution in [2.45, 2.75) is 30.1 Å². The van der Waals surface area contributed by atoms with Gasteiger partial charge >= 0.3 is 0 Å². The summed E-state index contributed by atoms with van der Waals surface area (Å²) in [7, 11) is -3.31. The van der Waals surface area contributed by atoms with E-state index >= 15 is 0 Å². The lowest BCUT2D eigenvalue weighted by Gasteiger charge is -2.26. The molecule has 1 amide bonds. The Bertz CT molecular complexity index is 890. The van der Waals surface area contributed by atoms with Gasteiger partial charge in [0.25, 0.3) is 0 Å². The SMILES string of the molecule is CS(=O)(=O)c1ccc([C@@H](CC2CCOCC2)C(=O)Nc2ncc(F)s2)cc1. The Hall–Kier alpha value is -1.84. The first-order valence-electron chi connectivity index (χ1n) is 8.63. The van der Waals surface area contributed by atoms with Gasteiger partial charge in [-0.3, -0.25) is 4.79 Å². The summed E-state index contributed by atoms with van der Waals surface area (Å²) in [5.41, 5.74) is 0.725. The molecule has 6 nitrogen and oxygen atoms in total. The zero-order valence-corrected chi connectivity index (χ0v) is 16.5. The Kier molecular flexibility index (Phi) is 6.23. The lowest BCUT2D eigenvalue weighted by Crippen LogP contribution is -2.26. The minimum absolute atomic E-state index is 0.207. The average molecular weight is 413 g/mol. The van der Waals surface area contributed by atoms with Crippen LogP contribution in [-0.2, 0) is 19.4 Å². The molecular weight excluding hydrogens is 391 g/mol. The second-order valence-corrected chi connectivity index (χ2v) is 9.64. The molecule has 0 aliphatic carbocycles. The molecule has 1 aliphatic rings. The van der Waals surface area contributed by atoms with Crippen LogP contribution in [0.3, 0.4) is 0 Å². The highest BCUT2D eigenvalue weighted by Crippen LogP contribution is 2.31. The number of carbonyl (C=O) groups is 1. The monoisotopic (exact) mass is 412 g/mol. The van der Waals surface area contributed by atoms with Gasteiger partial charge in [-0.2, -0.15) is 4.39 Å². The number of carbonyl (C=O) groups excluding carboxylic acids is 1. The van der Waals surface area contributed by atoms with E-state index < -0.39 is 20.9 Å².